The number of ether oxygens (including phenoxy) is 1. The molecule has 1 fully saturated rings. The van der Waals surface area contributed by atoms with Crippen molar-refractivity contribution >= 4 is 38.1 Å². The Labute approximate surface area is 197 Å². The molecule has 2 atom stereocenters. The Kier molecular flexibility index (Phi) is 7.08. The summed E-state index contributed by atoms with van der Waals surface area (Å²) in [5.41, 5.74) is 1.69. The number of thiazole rings is 1. The zero-order valence-corrected chi connectivity index (χ0v) is 20.0. The lowest BCUT2D eigenvalue weighted by atomic mass is 10.2. The van der Waals surface area contributed by atoms with Crippen LogP contribution in [0.3, 0.4) is 0 Å². The third kappa shape index (κ3) is 6.17. The van der Waals surface area contributed by atoms with E-state index in [2.05, 4.69) is 33.8 Å². The number of benzene rings is 2. The molecule has 2 N–H and O–H groups in total. The Morgan fingerprint density at radius 3 is 2.42 bits per heavy atom. The molecule has 174 valence electrons. The van der Waals surface area contributed by atoms with Gasteiger partial charge >= 0.3 is 0 Å². The minimum Gasteiger partial charge on any atom is -0.373 e. The van der Waals surface area contributed by atoms with Crippen LogP contribution in [0.1, 0.15) is 29.9 Å². The first kappa shape index (κ1) is 23.4. The average molecular weight is 487 g/mol. The molecular formula is C23H26N4O4S2. The highest BCUT2D eigenvalue weighted by Crippen LogP contribution is 2.21. The van der Waals surface area contributed by atoms with Gasteiger partial charge in [-0.2, -0.15) is 0 Å². The van der Waals surface area contributed by atoms with Gasteiger partial charge in [-0.05, 0) is 50.2 Å². The number of carbonyl (C=O) groups is 1. The summed E-state index contributed by atoms with van der Waals surface area (Å²) in [4.78, 5) is 19.6. The van der Waals surface area contributed by atoms with E-state index in [9.17, 15) is 13.2 Å². The van der Waals surface area contributed by atoms with Crippen LogP contribution in [0.15, 0.2) is 64.9 Å². The normalized spacial score (nSPS) is 19.2. The molecule has 1 aliphatic rings. The van der Waals surface area contributed by atoms with Crippen LogP contribution in [0.2, 0.25) is 0 Å². The smallest absolute Gasteiger partial charge is 0.261 e. The number of carbonyl (C=O) groups excluding carboxylic acids is 1. The minimum atomic E-state index is -3.68. The fraction of sp³-hybridized carbons (Fsp3) is 0.304. The molecule has 4 rings (SSSR count). The number of nitrogens with zero attached hydrogens (tertiary/aromatic N) is 2. The number of amides is 1. The van der Waals surface area contributed by atoms with E-state index < -0.39 is 10.0 Å². The van der Waals surface area contributed by atoms with Crippen LogP contribution in [-0.4, -0.2) is 49.5 Å². The third-order valence-corrected chi connectivity index (χ3v) is 7.31. The first-order valence-electron chi connectivity index (χ1n) is 10.6. The molecule has 0 bridgehead atoms. The van der Waals surface area contributed by atoms with Gasteiger partial charge in [0.2, 0.25) is 0 Å². The van der Waals surface area contributed by atoms with Crippen molar-refractivity contribution in [3.63, 3.8) is 0 Å². The highest BCUT2D eigenvalue weighted by Gasteiger charge is 2.23. The maximum atomic E-state index is 12.6. The summed E-state index contributed by atoms with van der Waals surface area (Å²) in [5, 5.41) is 5.29. The second-order valence-electron chi connectivity index (χ2n) is 8.05. The average Bonchev–Trinajstić information content (AvgIpc) is 3.20. The zero-order valence-electron chi connectivity index (χ0n) is 18.4. The number of hydrogen-bond acceptors (Lipinski definition) is 7. The number of sulfonamides is 1. The highest BCUT2D eigenvalue weighted by atomic mass is 32.2. The Balaban J connectivity index is 1.35. The second kappa shape index (κ2) is 10.0. The van der Waals surface area contributed by atoms with Crippen LogP contribution in [0.25, 0.3) is 0 Å². The van der Waals surface area contributed by atoms with Crippen LogP contribution in [0.5, 0.6) is 0 Å². The van der Waals surface area contributed by atoms with E-state index in [1.165, 1.54) is 23.5 Å². The first-order chi connectivity index (χ1) is 15.8. The van der Waals surface area contributed by atoms with Gasteiger partial charge in [-0.3, -0.25) is 19.7 Å². The number of morpholine rings is 1. The SMILES string of the molecule is C[C@@H]1CN(Cc2csc(NC(=O)c3ccc(NS(=O)(=O)c4ccccc4)cc3)n2)C[C@@H](C)O1. The van der Waals surface area contributed by atoms with Crippen molar-refractivity contribution in [1.29, 1.82) is 0 Å². The van der Waals surface area contributed by atoms with Gasteiger partial charge in [-0.25, -0.2) is 13.4 Å². The summed E-state index contributed by atoms with van der Waals surface area (Å²) in [6.45, 7) is 6.54. The molecule has 8 nitrogen and oxygen atoms in total. The first-order valence-corrected chi connectivity index (χ1v) is 13.0. The molecule has 2 heterocycles. The molecule has 1 aliphatic heterocycles. The topological polar surface area (TPSA) is 101 Å². The van der Waals surface area contributed by atoms with Crippen LogP contribution in [0, 0.1) is 0 Å². The van der Waals surface area contributed by atoms with E-state index in [0.29, 0.717) is 22.9 Å². The van der Waals surface area contributed by atoms with Crippen LogP contribution < -0.4 is 10.0 Å². The number of hydrogen-bond donors (Lipinski definition) is 2. The monoisotopic (exact) mass is 486 g/mol. The van der Waals surface area contributed by atoms with Crippen molar-refractivity contribution in [2.75, 3.05) is 23.1 Å². The molecule has 1 aromatic heterocycles. The van der Waals surface area contributed by atoms with E-state index >= 15 is 0 Å². The van der Waals surface area contributed by atoms with Crippen molar-refractivity contribution in [3.8, 4) is 0 Å². The second-order valence-corrected chi connectivity index (χ2v) is 10.6. The number of rotatable bonds is 7. The molecule has 3 aromatic rings. The third-order valence-electron chi connectivity index (χ3n) is 5.11. The van der Waals surface area contributed by atoms with E-state index in [1.807, 2.05) is 5.38 Å². The number of nitrogens with one attached hydrogen (secondary N) is 2. The lowest BCUT2D eigenvalue weighted by molar-refractivity contribution is -0.0707. The summed E-state index contributed by atoms with van der Waals surface area (Å²) in [5.74, 6) is -0.304. The van der Waals surface area contributed by atoms with Gasteiger partial charge in [0, 0.05) is 36.3 Å². The van der Waals surface area contributed by atoms with Gasteiger partial charge in [0.15, 0.2) is 5.13 Å². The van der Waals surface area contributed by atoms with E-state index in [0.717, 1.165) is 18.8 Å². The van der Waals surface area contributed by atoms with E-state index in [-0.39, 0.29) is 23.0 Å². The lowest BCUT2D eigenvalue weighted by Crippen LogP contribution is -2.44. The molecule has 33 heavy (non-hydrogen) atoms. The lowest BCUT2D eigenvalue weighted by Gasteiger charge is -2.34. The van der Waals surface area contributed by atoms with Gasteiger partial charge < -0.3 is 4.74 Å². The predicted molar refractivity (Wildman–Crippen MR) is 129 cm³/mol. The standard InChI is InChI=1S/C23H26N4O4S2/c1-16-12-27(13-17(2)31-16)14-20-15-32-23(24-20)25-22(28)18-8-10-19(11-9-18)26-33(29,30)21-6-4-3-5-7-21/h3-11,15-17,26H,12-14H2,1-2H3,(H,24,25,28)/t16-,17-/m1/s1. The minimum absolute atomic E-state index is 0.174. The van der Waals surface area contributed by atoms with E-state index in [1.54, 1.807) is 42.5 Å². The largest absolute Gasteiger partial charge is 0.373 e. The van der Waals surface area contributed by atoms with Crippen molar-refractivity contribution in [3.05, 3.63) is 71.2 Å². The molecule has 0 saturated carbocycles. The summed E-state index contributed by atoms with van der Waals surface area (Å²) >= 11 is 1.38. The maximum Gasteiger partial charge on any atom is 0.261 e. The fourth-order valence-corrected chi connectivity index (χ4v) is 5.53. The Bertz CT molecular complexity index is 1190. The molecule has 0 unspecified atom stereocenters. The van der Waals surface area contributed by atoms with Crippen LogP contribution >= 0.6 is 11.3 Å². The Hall–Kier alpha value is -2.79. The number of anilines is 2. The van der Waals surface area contributed by atoms with Gasteiger partial charge in [0.1, 0.15) is 0 Å². The van der Waals surface area contributed by atoms with E-state index in [4.69, 9.17) is 4.74 Å². The molecule has 0 spiro atoms. The summed E-state index contributed by atoms with van der Waals surface area (Å²) in [6, 6.07) is 14.4. The maximum absolute atomic E-state index is 12.6. The summed E-state index contributed by atoms with van der Waals surface area (Å²) in [6.07, 6.45) is 0.374. The van der Waals surface area contributed by atoms with Gasteiger partial charge in [-0.15, -0.1) is 11.3 Å². The summed E-state index contributed by atoms with van der Waals surface area (Å²) < 4.78 is 33.1. The Morgan fingerprint density at radius 2 is 1.76 bits per heavy atom. The molecule has 0 aliphatic carbocycles. The van der Waals surface area contributed by atoms with Crippen molar-refractivity contribution < 1.29 is 17.9 Å². The van der Waals surface area contributed by atoms with Gasteiger partial charge in [0.25, 0.3) is 15.9 Å². The molecule has 0 radical (unpaired) electrons. The molecule has 1 saturated heterocycles. The quantitative estimate of drug-likeness (QED) is 0.527. The van der Waals surface area contributed by atoms with Crippen molar-refractivity contribution in [2.24, 2.45) is 0 Å². The van der Waals surface area contributed by atoms with Crippen LogP contribution in [-0.2, 0) is 21.3 Å². The molecule has 1 amide bonds. The van der Waals surface area contributed by atoms with Crippen molar-refractivity contribution in [2.45, 2.75) is 37.5 Å². The summed E-state index contributed by atoms with van der Waals surface area (Å²) in [7, 11) is -3.68. The number of aromatic nitrogens is 1. The van der Waals surface area contributed by atoms with Crippen molar-refractivity contribution in [1.82, 2.24) is 9.88 Å². The molecule has 10 heteroatoms. The molecule has 2 aromatic carbocycles. The predicted octanol–water partition coefficient (Wildman–Crippen LogP) is 3.81. The zero-order chi connectivity index (χ0) is 23.4. The Morgan fingerprint density at radius 1 is 1.09 bits per heavy atom. The highest BCUT2D eigenvalue weighted by molar-refractivity contribution is 7.92. The van der Waals surface area contributed by atoms with Gasteiger partial charge in [-0.1, -0.05) is 18.2 Å². The van der Waals surface area contributed by atoms with Crippen LogP contribution in [0.4, 0.5) is 10.8 Å². The van der Waals surface area contributed by atoms with Gasteiger partial charge in [0.05, 0.1) is 22.8 Å². The fourth-order valence-electron chi connectivity index (χ4n) is 3.75. The molecular weight excluding hydrogens is 460 g/mol.